The van der Waals surface area contributed by atoms with Crippen LogP contribution in [0.2, 0.25) is 0 Å². The van der Waals surface area contributed by atoms with Crippen LogP contribution in [0, 0.1) is 13.8 Å². The Labute approximate surface area is 124 Å². The summed E-state index contributed by atoms with van der Waals surface area (Å²) < 4.78 is 0. The molecular formula is C15H23N3O3. The molecule has 0 radical (unpaired) electrons. The number of nitrogens with two attached hydrogens (primary N) is 1. The maximum absolute atomic E-state index is 12.0. The third-order valence-electron chi connectivity index (χ3n) is 3.12. The number of hydrogen-bond donors (Lipinski definition) is 4. The average molecular weight is 293 g/mol. The molecule has 0 saturated heterocycles. The van der Waals surface area contributed by atoms with Crippen molar-refractivity contribution in [1.29, 1.82) is 0 Å². The van der Waals surface area contributed by atoms with Gasteiger partial charge in [-0.3, -0.25) is 9.59 Å². The number of rotatable bonds is 8. The first-order valence-corrected chi connectivity index (χ1v) is 6.97. The van der Waals surface area contributed by atoms with Gasteiger partial charge in [-0.1, -0.05) is 17.7 Å². The van der Waals surface area contributed by atoms with Crippen molar-refractivity contribution in [2.24, 2.45) is 5.73 Å². The number of nitrogens with one attached hydrogen (secondary N) is 2. The van der Waals surface area contributed by atoms with Crippen molar-refractivity contribution in [1.82, 2.24) is 5.32 Å². The zero-order valence-corrected chi connectivity index (χ0v) is 12.5. The summed E-state index contributed by atoms with van der Waals surface area (Å²) in [4.78, 5) is 23.1. The highest BCUT2D eigenvalue weighted by atomic mass is 16.4. The number of hydrogen-bond acceptors (Lipinski definition) is 4. The van der Waals surface area contributed by atoms with Gasteiger partial charge in [-0.2, -0.15) is 0 Å². The van der Waals surface area contributed by atoms with Crippen molar-refractivity contribution in [3.05, 3.63) is 29.3 Å². The van der Waals surface area contributed by atoms with Crippen LogP contribution in [-0.4, -0.2) is 36.1 Å². The SMILES string of the molecule is Cc1ccc(NC(=O)C[C@H](NCCCN)C(=O)O)c(C)c1. The maximum Gasteiger partial charge on any atom is 0.321 e. The van der Waals surface area contributed by atoms with Gasteiger partial charge in [-0.25, -0.2) is 0 Å². The Morgan fingerprint density at radius 3 is 2.62 bits per heavy atom. The molecule has 0 aliphatic rings. The first-order valence-electron chi connectivity index (χ1n) is 6.97. The predicted molar refractivity (Wildman–Crippen MR) is 82.3 cm³/mol. The third kappa shape index (κ3) is 5.93. The second-order valence-electron chi connectivity index (χ2n) is 5.06. The predicted octanol–water partition coefficient (Wildman–Crippen LogP) is 1.02. The van der Waals surface area contributed by atoms with E-state index in [0.29, 0.717) is 25.2 Å². The Morgan fingerprint density at radius 1 is 1.33 bits per heavy atom. The lowest BCUT2D eigenvalue weighted by Crippen LogP contribution is -2.40. The monoisotopic (exact) mass is 293 g/mol. The van der Waals surface area contributed by atoms with Crippen LogP contribution in [-0.2, 0) is 9.59 Å². The van der Waals surface area contributed by atoms with Crippen molar-refractivity contribution in [3.8, 4) is 0 Å². The van der Waals surface area contributed by atoms with E-state index in [-0.39, 0.29) is 12.3 Å². The molecule has 0 aromatic heterocycles. The lowest BCUT2D eigenvalue weighted by atomic mass is 10.1. The van der Waals surface area contributed by atoms with Crippen LogP contribution in [0.1, 0.15) is 24.0 Å². The van der Waals surface area contributed by atoms with E-state index in [1.165, 1.54) is 0 Å². The Morgan fingerprint density at radius 2 is 2.05 bits per heavy atom. The zero-order valence-electron chi connectivity index (χ0n) is 12.5. The molecule has 0 fully saturated rings. The van der Waals surface area contributed by atoms with E-state index in [4.69, 9.17) is 10.8 Å². The fourth-order valence-electron chi connectivity index (χ4n) is 1.97. The molecule has 1 aromatic rings. The molecular weight excluding hydrogens is 270 g/mol. The maximum atomic E-state index is 12.0. The van der Waals surface area contributed by atoms with Crippen LogP contribution in [0.25, 0.3) is 0 Å². The van der Waals surface area contributed by atoms with Gasteiger partial charge in [0.1, 0.15) is 6.04 Å². The van der Waals surface area contributed by atoms with E-state index in [1.54, 1.807) is 0 Å². The van der Waals surface area contributed by atoms with E-state index < -0.39 is 12.0 Å². The summed E-state index contributed by atoms with van der Waals surface area (Å²) in [6, 6.07) is 4.78. The van der Waals surface area contributed by atoms with Crippen LogP contribution in [0.4, 0.5) is 5.69 Å². The van der Waals surface area contributed by atoms with E-state index in [1.807, 2.05) is 32.0 Å². The van der Waals surface area contributed by atoms with Crippen LogP contribution in [0.3, 0.4) is 0 Å². The van der Waals surface area contributed by atoms with Gasteiger partial charge in [0.2, 0.25) is 5.91 Å². The molecule has 116 valence electrons. The second-order valence-corrected chi connectivity index (χ2v) is 5.06. The van der Waals surface area contributed by atoms with E-state index in [2.05, 4.69) is 10.6 Å². The minimum atomic E-state index is -1.04. The summed E-state index contributed by atoms with van der Waals surface area (Å²) >= 11 is 0. The minimum absolute atomic E-state index is 0.118. The van der Waals surface area contributed by atoms with Gasteiger partial charge in [0.25, 0.3) is 0 Å². The highest BCUT2D eigenvalue weighted by molar-refractivity contribution is 5.94. The van der Waals surface area contributed by atoms with Gasteiger partial charge in [-0.05, 0) is 45.0 Å². The summed E-state index contributed by atoms with van der Waals surface area (Å²) in [5, 5.41) is 14.7. The number of carbonyl (C=O) groups excluding carboxylic acids is 1. The molecule has 0 aliphatic heterocycles. The molecule has 6 nitrogen and oxygen atoms in total. The van der Waals surface area contributed by atoms with Gasteiger partial charge in [0, 0.05) is 5.69 Å². The topological polar surface area (TPSA) is 104 Å². The molecule has 6 heteroatoms. The van der Waals surface area contributed by atoms with Gasteiger partial charge >= 0.3 is 5.97 Å². The molecule has 1 amide bonds. The van der Waals surface area contributed by atoms with Crippen LogP contribution < -0.4 is 16.4 Å². The van der Waals surface area contributed by atoms with E-state index in [0.717, 1.165) is 11.1 Å². The fraction of sp³-hybridized carbons (Fsp3) is 0.467. The summed E-state index contributed by atoms with van der Waals surface area (Å²) in [6.45, 7) is 4.83. The Bertz CT molecular complexity index is 503. The highest BCUT2D eigenvalue weighted by Crippen LogP contribution is 2.16. The molecule has 21 heavy (non-hydrogen) atoms. The average Bonchev–Trinajstić information content (AvgIpc) is 2.41. The highest BCUT2D eigenvalue weighted by Gasteiger charge is 2.20. The van der Waals surface area contributed by atoms with Crippen LogP contribution >= 0.6 is 0 Å². The molecule has 0 unspecified atom stereocenters. The largest absolute Gasteiger partial charge is 0.480 e. The van der Waals surface area contributed by atoms with Crippen LogP contribution in [0.5, 0.6) is 0 Å². The lowest BCUT2D eigenvalue weighted by Gasteiger charge is -2.15. The zero-order chi connectivity index (χ0) is 15.8. The van der Waals surface area contributed by atoms with Crippen molar-refractivity contribution in [3.63, 3.8) is 0 Å². The summed E-state index contributed by atoms with van der Waals surface area (Å²) in [5.74, 6) is -1.36. The normalized spacial score (nSPS) is 12.0. The van der Waals surface area contributed by atoms with Gasteiger partial charge in [-0.15, -0.1) is 0 Å². The number of aliphatic carboxylic acids is 1. The van der Waals surface area contributed by atoms with Gasteiger partial charge < -0.3 is 21.5 Å². The van der Waals surface area contributed by atoms with E-state index in [9.17, 15) is 9.59 Å². The quantitative estimate of drug-likeness (QED) is 0.536. The standard InChI is InChI=1S/C15H23N3O3/c1-10-4-5-12(11(2)8-10)18-14(19)9-13(15(20)21)17-7-3-6-16/h4-5,8,13,17H,3,6-7,9,16H2,1-2H3,(H,18,19)(H,20,21)/t13-/m0/s1. The van der Waals surface area contributed by atoms with E-state index >= 15 is 0 Å². The molecule has 0 spiro atoms. The first-order chi connectivity index (χ1) is 9.93. The molecule has 0 bridgehead atoms. The molecule has 0 saturated carbocycles. The van der Waals surface area contributed by atoms with Gasteiger partial charge in [0.05, 0.1) is 6.42 Å². The molecule has 1 aromatic carbocycles. The minimum Gasteiger partial charge on any atom is -0.480 e. The van der Waals surface area contributed by atoms with Crippen molar-refractivity contribution in [2.75, 3.05) is 18.4 Å². The van der Waals surface area contributed by atoms with Crippen molar-refractivity contribution >= 4 is 17.6 Å². The molecule has 0 heterocycles. The summed E-state index contributed by atoms with van der Waals surface area (Å²) in [5.41, 5.74) is 8.12. The van der Waals surface area contributed by atoms with Crippen molar-refractivity contribution in [2.45, 2.75) is 32.7 Å². The number of benzene rings is 1. The second kappa shape index (κ2) is 8.39. The Kier molecular flexibility index (Phi) is 6.84. The summed E-state index contributed by atoms with van der Waals surface area (Å²) in [7, 11) is 0. The molecule has 1 atom stereocenters. The van der Waals surface area contributed by atoms with Crippen LogP contribution in [0.15, 0.2) is 18.2 Å². The number of amides is 1. The number of carboxylic acid groups (broad SMARTS) is 1. The summed E-state index contributed by atoms with van der Waals surface area (Å²) in [6.07, 6.45) is 0.551. The number of anilines is 1. The Balaban J connectivity index is 2.59. The molecule has 1 rings (SSSR count). The Hall–Kier alpha value is -1.92. The first kappa shape index (κ1) is 17.1. The number of carboxylic acids is 1. The molecule has 5 N–H and O–H groups in total. The fourth-order valence-corrected chi connectivity index (χ4v) is 1.97. The smallest absolute Gasteiger partial charge is 0.321 e. The molecule has 0 aliphatic carbocycles. The third-order valence-corrected chi connectivity index (χ3v) is 3.12. The van der Waals surface area contributed by atoms with Gasteiger partial charge in [0.15, 0.2) is 0 Å². The lowest BCUT2D eigenvalue weighted by molar-refractivity contribution is -0.141. The number of carbonyl (C=O) groups is 2. The van der Waals surface area contributed by atoms with Crippen molar-refractivity contribution < 1.29 is 14.7 Å². The number of aryl methyl sites for hydroxylation is 2.